The number of nitrogens with zero attached hydrogens (tertiary/aromatic N) is 1. The van der Waals surface area contributed by atoms with E-state index in [0.29, 0.717) is 29.3 Å². The van der Waals surface area contributed by atoms with E-state index in [2.05, 4.69) is 0 Å². The lowest BCUT2D eigenvalue weighted by molar-refractivity contribution is 0.0230. The van der Waals surface area contributed by atoms with Gasteiger partial charge in [0.25, 0.3) is 11.8 Å². The fourth-order valence-corrected chi connectivity index (χ4v) is 2.07. The fraction of sp³-hybridized carbons (Fsp3) is 0.385. The Kier molecular flexibility index (Phi) is 2.56. The highest BCUT2D eigenvalue weighted by Crippen LogP contribution is 2.30. The number of nitrogens with two attached hydrogens (primary N) is 1. The summed E-state index contributed by atoms with van der Waals surface area (Å²) in [5, 5.41) is 0. The van der Waals surface area contributed by atoms with Crippen LogP contribution in [0.15, 0.2) is 18.2 Å². The Morgan fingerprint density at radius 2 is 2.06 bits per heavy atom. The Labute approximate surface area is 105 Å². The Morgan fingerprint density at radius 3 is 2.72 bits per heavy atom. The standard InChI is InChI=1S/C13H14N2O3/c14-10-3-1-2-9-11(10)13(17)15(12(9)16)7-18-6-8-4-5-8/h1-3,8H,4-7,14H2. The van der Waals surface area contributed by atoms with E-state index in [-0.39, 0.29) is 18.5 Å². The lowest BCUT2D eigenvalue weighted by Gasteiger charge is -2.13. The Balaban J connectivity index is 1.76. The van der Waals surface area contributed by atoms with Crippen molar-refractivity contribution in [2.45, 2.75) is 12.8 Å². The van der Waals surface area contributed by atoms with Crippen molar-refractivity contribution in [2.24, 2.45) is 5.92 Å². The number of anilines is 1. The lowest BCUT2D eigenvalue weighted by Crippen LogP contribution is -2.32. The summed E-state index contributed by atoms with van der Waals surface area (Å²) < 4.78 is 5.40. The molecule has 1 aromatic carbocycles. The molecule has 0 spiro atoms. The highest BCUT2D eigenvalue weighted by atomic mass is 16.5. The van der Waals surface area contributed by atoms with Crippen LogP contribution in [0.1, 0.15) is 33.6 Å². The molecule has 1 aromatic rings. The van der Waals surface area contributed by atoms with Gasteiger partial charge < -0.3 is 10.5 Å². The van der Waals surface area contributed by atoms with Gasteiger partial charge in [0.15, 0.2) is 0 Å². The van der Waals surface area contributed by atoms with Gasteiger partial charge in [-0.25, -0.2) is 4.90 Å². The van der Waals surface area contributed by atoms with Crippen LogP contribution in [0, 0.1) is 5.92 Å². The van der Waals surface area contributed by atoms with Gasteiger partial charge in [-0.1, -0.05) is 6.07 Å². The molecule has 3 rings (SSSR count). The minimum absolute atomic E-state index is 0.0162. The molecule has 94 valence electrons. The van der Waals surface area contributed by atoms with Gasteiger partial charge >= 0.3 is 0 Å². The van der Waals surface area contributed by atoms with E-state index in [0.717, 1.165) is 4.90 Å². The predicted molar refractivity (Wildman–Crippen MR) is 64.9 cm³/mol. The maximum absolute atomic E-state index is 12.1. The smallest absolute Gasteiger partial charge is 0.265 e. The average Bonchev–Trinajstić information content (AvgIpc) is 3.13. The van der Waals surface area contributed by atoms with Crippen molar-refractivity contribution < 1.29 is 14.3 Å². The maximum atomic E-state index is 12.1. The summed E-state index contributed by atoms with van der Waals surface area (Å²) in [5.41, 5.74) is 6.75. The third-order valence-corrected chi connectivity index (χ3v) is 3.30. The summed E-state index contributed by atoms with van der Waals surface area (Å²) in [4.78, 5) is 25.2. The molecule has 2 N–H and O–H groups in total. The third-order valence-electron chi connectivity index (χ3n) is 3.30. The SMILES string of the molecule is Nc1cccc2c1C(=O)N(COCC1CC1)C2=O. The monoisotopic (exact) mass is 246 g/mol. The number of nitrogen functional groups attached to an aromatic ring is 1. The zero-order chi connectivity index (χ0) is 12.7. The van der Waals surface area contributed by atoms with Crippen molar-refractivity contribution in [3.05, 3.63) is 29.3 Å². The van der Waals surface area contributed by atoms with E-state index in [4.69, 9.17) is 10.5 Å². The summed E-state index contributed by atoms with van der Waals surface area (Å²) in [6.45, 7) is 0.630. The van der Waals surface area contributed by atoms with E-state index in [1.165, 1.54) is 12.8 Å². The zero-order valence-electron chi connectivity index (χ0n) is 9.89. The fourth-order valence-electron chi connectivity index (χ4n) is 2.07. The topological polar surface area (TPSA) is 72.6 Å². The highest BCUT2D eigenvalue weighted by Gasteiger charge is 2.37. The first-order valence-electron chi connectivity index (χ1n) is 6.01. The first kappa shape index (κ1) is 11.2. The molecule has 1 heterocycles. The van der Waals surface area contributed by atoms with Gasteiger partial charge in [0.1, 0.15) is 6.73 Å². The van der Waals surface area contributed by atoms with Gasteiger partial charge in [0.05, 0.1) is 17.7 Å². The number of benzene rings is 1. The minimum Gasteiger partial charge on any atom is -0.398 e. The molecule has 0 atom stereocenters. The first-order chi connectivity index (χ1) is 8.68. The van der Waals surface area contributed by atoms with Crippen LogP contribution in [0.4, 0.5) is 5.69 Å². The van der Waals surface area contributed by atoms with Crippen molar-refractivity contribution >= 4 is 17.5 Å². The molecule has 1 aliphatic heterocycles. The predicted octanol–water partition coefficient (Wildman–Crippen LogP) is 1.25. The van der Waals surface area contributed by atoms with Crippen molar-refractivity contribution in [2.75, 3.05) is 19.1 Å². The summed E-state index contributed by atoms with van der Waals surface area (Å²) >= 11 is 0. The molecule has 1 fully saturated rings. The van der Waals surface area contributed by atoms with Crippen molar-refractivity contribution in [3.8, 4) is 0 Å². The maximum Gasteiger partial charge on any atom is 0.265 e. The number of amides is 2. The normalized spacial score (nSPS) is 18.3. The lowest BCUT2D eigenvalue weighted by atomic mass is 10.1. The van der Waals surface area contributed by atoms with Crippen LogP contribution >= 0.6 is 0 Å². The van der Waals surface area contributed by atoms with Gasteiger partial charge in [-0.3, -0.25) is 9.59 Å². The van der Waals surface area contributed by atoms with Gasteiger partial charge in [-0.2, -0.15) is 0 Å². The molecular formula is C13H14N2O3. The summed E-state index contributed by atoms with van der Waals surface area (Å²) in [6, 6.07) is 4.92. The molecule has 5 heteroatoms. The Hall–Kier alpha value is -1.88. The van der Waals surface area contributed by atoms with E-state index in [1.54, 1.807) is 18.2 Å². The molecule has 1 saturated carbocycles. The van der Waals surface area contributed by atoms with E-state index < -0.39 is 0 Å². The Morgan fingerprint density at radius 1 is 1.28 bits per heavy atom. The molecule has 0 unspecified atom stereocenters. The number of carbonyl (C=O) groups excluding carboxylic acids is 2. The second-order valence-electron chi connectivity index (χ2n) is 4.75. The second kappa shape index (κ2) is 4.10. The molecule has 2 aliphatic rings. The van der Waals surface area contributed by atoms with Crippen molar-refractivity contribution in [3.63, 3.8) is 0 Å². The molecule has 0 saturated heterocycles. The number of carbonyl (C=O) groups is 2. The van der Waals surface area contributed by atoms with Crippen molar-refractivity contribution in [1.82, 2.24) is 4.90 Å². The third kappa shape index (κ3) is 1.76. The summed E-state index contributed by atoms with van der Waals surface area (Å²) in [7, 11) is 0. The number of imide groups is 1. The van der Waals surface area contributed by atoms with Crippen LogP contribution in [0.3, 0.4) is 0 Å². The summed E-state index contributed by atoms with van der Waals surface area (Å²) in [5.74, 6) is -0.0766. The molecule has 18 heavy (non-hydrogen) atoms. The molecular weight excluding hydrogens is 232 g/mol. The van der Waals surface area contributed by atoms with E-state index in [1.807, 2.05) is 0 Å². The molecule has 0 aromatic heterocycles. The van der Waals surface area contributed by atoms with Gasteiger partial charge in [0.2, 0.25) is 0 Å². The molecule has 0 radical (unpaired) electrons. The molecule has 2 amide bonds. The van der Waals surface area contributed by atoms with Crippen LogP contribution in [0.25, 0.3) is 0 Å². The quantitative estimate of drug-likeness (QED) is 0.641. The van der Waals surface area contributed by atoms with Crippen molar-refractivity contribution in [1.29, 1.82) is 0 Å². The van der Waals surface area contributed by atoms with Crippen LogP contribution in [-0.2, 0) is 4.74 Å². The van der Waals surface area contributed by atoms with Crippen LogP contribution in [0.5, 0.6) is 0 Å². The van der Waals surface area contributed by atoms with Crippen LogP contribution in [0.2, 0.25) is 0 Å². The van der Waals surface area contributed by atoms with E-state index >= 15 is 0 Å². The second-order valence-corrected chi connectivity index (χ2v) is 4.75. The van der Waals surface area contributed by atoms with Gasteiger partial charge in [0, 0.05) is 5.69 Å². The minimum atomic E-state index is -0.358. The average molecular weight is 246 g/mol. The number of fused-ring (bicyclic) bond motifs is 1. The van der Waals surface area contributed by atoms with E-state index in [9.17, 15) is 9.59 Å². The van der Waals surface area contributed by atoms with Crippen LogP contribution < -0.4 is 5.73 Å². The number of hydrogen-bond donors (Lipinski definition) is 1. The number of ether oxygens (including phenoxy) is 1. The molecule has 1 aliphatic carbocycles. The number of hydrogen-bond acceptors (Lipinski definition) is 4. The zero-order valence-corrected chi connectivity index (χ0v) is 9.89. The molecule has 5 nitrogen and oxygen atoms in total. The Bertz CT molecular complexity index is 523. The largest absolute Gasteiger partial charge is 0.398 e. The highest BCUT2D eigenvalue weighted by molar-refractivity contribution is 6.23. The van der Waals surface area contributed by atoms with Gasteiger partial charge in [-0.15, -0.1) is 0 Å². The summed E-state index contributed by atoms with van der Waals surface area (Å²) in [6.07, 6.45) is 2.35. The number of rotatable bonds is 4. The van der Waals surface area contributed by atoms with Gasteiger partial charge in [-0.05, 0) is 30.9 Å². The van der Waals surface area contributed by atoms with Crippen LogP contribution in [-0.4, -0.2) is 30.1 Å². The molecule has 0 bridgehead atoms. The first-order valence-corrected chi connectivity index (χ1v) is 6.01.